The lowest BCUT2D eigenvalue weighted by Crippen LogP contribution is -2.46. The van der Waals surface area contributed by atoms with Gasteiger partial charge in [-0.25, -0.2) is 0 Å². The number of aryl methyl sites for hydroxylation is 1. The van der Waals surface area contributed by atoms with Gasteiger partial charge in [0, 0.05) is 6.54 Å². The highest BCUT2D eigenvalue weighted by Gasteiger charge is 2.32. The Morgan fingerprint density at radius 3 is 2.70 bits per heavy atom. The van der Waals surface area contributed by atoms with Crippen LogP contribution in [0.3, 0.4) is 0 Å². The summed E-state index contributed by atoms with van der Waals surface area (Å²) < 4.78 is 38.5. The number of aliphatic hydroxyl groups excluding tert-OH is 1. The Bertz CT molecular complexity index is 701. The molecule has 23 heavy (non-hydrogen) atoms. The second-order valence-electron chi connectivity index (χ2n) is 5.11. The molecule has 0 saturated heterocycles. The van der Waals surface area contributed by atoms with Gasteiger partial charge in [0.05, 0.1) is 11.3 Å². The molecule has 1 aliphatic rings. The molecule has 0 spiro atoms. The van der Waals surface area contributed by atoms with E-state index in [-0.39, 0.29) is 5.69 Å². The number of nitrogens with one attached hydrogen (secondary N) is 1. The third-order valence-corrected chi connectivity index (χ3v) is 3.47. The van der Waals surface area contributed by atoms with Gasteiger partial charge >= 0.3 is 6.18 Å². The molecule has 0 unspecified atom stereocenters. The van der Waals surface area contributed by atoms with Crippen LogP contribution in [-0.2, 0) is 17.4 Å². The van der Waals surface area contributed by atoms with Crippen molar-refractivity contribution in [1.82, 2.24) is 5.43 Å². The Hall–Kier alpha value is -2.69. The maximum atomic E-state index is 12.8. The van der Waals surface area contributed by atoms with Crippen LogP contribution >= 0.6 is 0 Å². The van der Waals surface area contributed by atoms with Crippen LogP contribution in [0.2, 0.25) is 0 Å². The lowest BCUT2D eigenvalue weighted by Gasteiger charge is -2.31. The molecule has 5 nitrogen and oxygen atoms in total. The molecule has 1 aliphatic heterocycles. The van der Waals surface area contributed by atoms with Gasteiger partial charge in [0.15, 0.2) is 5.57 Å². The topological polar surface area (TPSA) is 76.4 Å². The number of nitriles is 1. The zero-order valence-corrected chi connectivity index (χ0v) is 12.2. The van der Waals surface area contributed by atoms with Crippen molar-refractivity contribution in [2.75, 3.05) is 11.6 Å². The lowest BCUT2D eigenvalue weighted by atomic mass is 10.0. The molecule has 1 aromatic carbocycles. The van der Waals surface area contributed by atoms with Crippen LogP contribution in [0.4, 0.5) is 18.9 Å². The Labute approximate surface area is 130 Å². The molecule has 2 rings (SSSR count). The Balaban J connectivity index is 2.33. The number of hydrogen-bond acceptors (Lipinski definition) is 4. The predicted octanol–water partition coefficient (Wildman–Crippen LogP) is 2.84. The van der Waals surface area contributed by atoms with E-state index in [2.05, 4.69) is 5.43 Å². The van der Waals surface area contributed by atoms with Crippen molar-refractivity contribution in [3.8, 4) is 6.07 Å². The molecule has 1 amide bonds. The van der Waals surface area contributed by atoms with Gasteiger partial charge in [0.1, 0.15) is 11.8 Å². The van der Waals surface area contributed by atoms with Crippen molar-refractivity contribution in [3.63, 3.8) is 0 Å². The Morgan fingerprint density at radius 1 is 1.43 bits per heavy atom. The maximum Gasteiger partial charge on any atom is 0.416 e. The first kappa shape index (κ1) is 16.7. The molecule has 0 aliphatic carbocycles. The first-order chi connectivity index (χ1) is 10.7. The van der Waals surface area contributed by atoms with Crippen LogP contribution in [0.15, 0.2) is 29.5 Å². The van der Waals surface area contributed by atoms with Crippen molar-refractivity contribution < 1.29 is 23.1 Å². The van der Waals surface area contributed by atoms with E-state index in [0.29, 0.717) is 24.9 Å². The van der Waals surface area contributed by atoms with E-state index >= 15 is 0 Å². The normalized spacial score (nSPS) is 15.3. The highest BCUT2D eigenvalue weighted by Crippen LogP contribution is 2.35. The number of hydrazine groups is 1. The van der Waals surface area contributed by atoms with Crippen LogP contribution in [0.1, 0.15) is 24.5 Å². The summed E-state index contributed by atoms with van der Waals surface area (Å²) in [6, 6.07) is 4.92. The second kappa shape index (κ2) is 6.20. The molecule has 1 aromatic rings. The van der Waals surface area contributed by atoms with Gasteiger partial charge in [0.2, 0.25) is 0 Å². The number of allylic oxidation sites excluding steroid dienone is 1. The smallest absolute Gasteiger partial charge is 0.416 e. The molecule has 0 atom stereocenters. The Morgan fingerprint density at radius 2 is 2.13 bits per heavy atom. The van der Waals surface area contributed by atoms with Gasteiger partial charge in [-0.3, -0.25) is 15.2 Å². The number of anilines is 1. The quantitative estimate of drug-likeness (QED) is 0.498. The van der Waals surface area contributed by atoms with Gasteiger partial charge in [-0.1, -0.05) is 6.07 Å². The summed E-state index contributed by atoms with van der Waals surface area (Å²) in [5, 5.41) is 19.4. The molecule has 0 aromatic heterocycles. The van der Waals surface area contributed by atoms with Gasteiger partial charge < -0.3 is 5.11 Å². The number of carbonyl (C=O) groups is 1. The van der Waals surface area contributed by atoms with E-state index in [1.807, 2.05) is 0 Å². The summed E-state index contributed by atoms with van der Waals surface area (Å²) in [6.45, 7) is 1.49. The fourth-order valence-corrected chi connectivity index (χ4v) is 2.34. The molecule has 8 heteroatoms. The van der Waals surface area contributed by atoms with Crippen molar-refractivity contribution in [2.24, 2.45) is 0 Å². The minimum absolute atomic E-state index is 0.243. The number of nitrogens with zero attached hydrogens (tertiary/aromatic N) is 2. The molecule has 122 valence electrons. The minimum Gasteiger partial charge on any atom is -0.511 e. The van der Waals surface area contributed by atoms with Gasteiger partial charge in [-0.15, -0.1) is 0 Å². The molecule has 0 bridgehead atoms. The van der Waals surface area contributed by atoms with E-state index in [4.69, 9.17) is 5.26 Å². The van der Waals surface area contributed by atoms with Crippen LogP contribution in [-0.4, -0.2) is 17.6 Å². The van der Waals surface area contributed by atoms with Crippen LogP contribution in [0.25, 0.3) is 0 Å². The van der Waals surface area contributed by atoms with E-state index in [9.17, 15) is 23.1 Å². The SMILES string of the molecule is CC(O)=C(C#N)C(=O)NN1CCCc2ccc(C(F)(F)F)cc21. The minimum atomic E-state index is -4.48. The lowest BCUT2D eigenvalue weighted by molar-refractivity contribution is -0.137. The molecular weight excluding hydrogens is 311 g/mol. The maximum absolute atomic E-state index is 12.8. The summed E-state index contributed by atoms with van der Waals surface area (Å²) in [4.78, 5) is 12.0. The first-order valence-electron chi connectivity index (χ1n) is 6.82. The number of halogens is 3. The number of benzene rings is 1. The van der Waals surface area contributed by atoms with Crippen molar-refractivity contribution in [2.45, 2.75) is 25.9 Å². The van der Waals surface area contributed by atoms with Crippen molar-refractivity contribution in [3.05, 3.63) is 40.7 Å². The summed E-state index contributed by atoms with van der Waals surface area (Å²) in [5.41, 5.74) is 1.99. The van der Waals surface area contributed by atoms with Gasteiger partial charge in [0.25, 0.3) is 5.91 Å². The summed E-state index contributed by atoms with van der Waals surface area (Å²) in [7, 11) is 0. The fraction of sp³-hybridized carbons (Fsp3) is 0.333. The largest absolute Gasteiger partial charge is 0.511 e. The number of amides is 1. The molecule has 0 saturated carbocycles. The average molecular weight is 325 g/mol. The van der Waals surface area contributed by atoms with Crippen molar-refractivity contribution >= 4 is 11.6 Å². The highest BCUT2D eigenvalue weighted by molar-refractivity contribution is 5.98. The number of carbonyl (C=O) groups excluding carboxylic acids is 1. The van der Waals surface area contributed by atoms with Crippen LogP contribution in [0.5, 0.6) is 0 Å². The fourth-order valence-electron chi connectivity index (χ4n) is 2.34. The van der Waals surface area contributed by atoms with Crippen LogP contribution in [0, 0.1) is 11.3 Å². The number of alkyl halides is 3. The highest BCUT2D eigenvalue weighted by atomic mass is 19.4. The monoisotopic (exact) mass is 325 g/mol. The third kappa shape index (κ3) is 3.56. The number of hydrogen-bond donors (Lipinski definition) is 2. The van der Waals surface area contributed by atoms with Crippen LogP contribution < -0.4 is 10.4 Å². The summed E-state index contributed by atoms with van der Waals surface area (Å²) >= 11 is 0. The zero-order valence-electron chi connectivity index (χ0n) is 12.2. The number of aliphatic hydroxyl groups is 1. The molecule has 0 fully saturated rings. The van der Waals surface area contributed by atoms with E-state index in [0.717, 1.165) is 12.1 Å². The van der Waals surface area contributed by atoms with E-state index in [1.165, 1.54) is 18.0 Å². The van der Waals surface area contributed by atoms with Crippen molar-refractivity contribution in [1.29, 1.82) is 5.26 Å². The predicted molar refractivity (Wildman–Crippen MR) is 76.2 cm³/mol. The number of rotatable bonds is 2. The molecular formula is C15H14F3N3O2. The summed E-state index contributed by atoms with van der Waals surface area (Å²) in [5.74, 6) is -1.32. The standard InChI is InChI=1S/C15H14F3N3O2/c1-9(22)12(8-19)14(23)20-21-6-2-3-10-4-5-11(7-13(10)21)15(16,17)18/h4-5,7,22H,2-3,6H2,1H3,(H,20,23). The second-order valence-corrected chi connectivity index (χ2v) is 5.11. The molecule has 1 heterocycles. The average Bonchev–Trinajstić information content (AvgIpc) is 2.46. The summed E-state index contributed by atoms with van der Waals surface area (Å²) in [6.07, 6.45) is -3.25. The van der Waals surface area contributed by atoms with E-state index in [1.54, 1.807) is 6.07 Å². The first-order valence-corrected chi connectivity index (χ1v) is 6.82. The zero-order chi connectivity index (χ0) is 17.2. The third-order valence-electron chi connectivity index (χ3n) is 3.47. The molecule has 2 N–H and O–H groups in total. The molecule has 0 radical (unpaired) electrons. The van der Waals surface area contributed by atoms with Gasteiger partial charge in [-0.2, -0.15) is 18.4 Å². The number of fused-ring (bicyclic) bond motifs is 1. The van der Waals surface area contributed by atoms with Gasteiger partial charge in [-0.05, 0) is 37.5 Å². The van der Waals surface area contributed by atoms with E-state index < -0.39 is 29.0 Å². The Kier molecular flexibility index (Phi) is 4.50.